The maximum absolute atomic E-state index is 12.1. The Labute approximate surface area is 123 Å². The highest BCUT2D eigenvalue weighted by atomic mass is 16.4. The summed E-state index contributed by atoms with van der Waals surface area (Å²) in [5, 5.41) is 30.4. The average molecular weight is 295 g/mol. The van der Waals surface area contributed by atoms with Crippen LogP contribution in [0.3, 0.4) is 0 Å². The molecule has 0 saturated heterocycles. The van der Waals surface area contributed by atoms with Crippen molar-refractivity contribution in [1.29, 1.82) is 0 Å². The molecule has 0 saturated carbocycles. The number of carbonyl (C=O) groups is 2. The molecule has 0 fully saturated rings. The van der Waals surface area contributed by atoms with Crippen LogP contribution in [0.1, 0.15) is 44.0 Å². The summed E-state index contributed by atoms with van der Waals surface area (Å²) in [7, 11) is 0. The highest BCUT2D eigenvalue weighted by molar-refractivity contribution is 5.97. The first-order valence-corrected chi connectivity index (χ1v) is 6.63. The predicted molar refractivity (Wildman–Crippen MR) is 77.4 cm³/mol. The number of hydrogen-bond donors (Lipinski definition) is 4. The van der Waals surface area contributed by atoms with E-state index in [1.54, 1.807) is 0 Å². The van der Waals surface area contributed by atoms with Gasteiger partial charge in [0.05, 0.1) is 12.0 Å². The van der Waals surface area contributed by atoms with Crippen LogP contribution in [0.15, 0.2) is 18.2 Å². The van der Waals surface area contributed by atoms with Crippen molar-refractivity contribution in [3.8, 4) is 11.5 Å². The zero-order valence-corrected chi connectivity index (χ0v) is 12.4. The molecule has 4 N–H and O–H groups in total. The molecule has 1 amide bonds. The molecule has 0 aromatic heterocycles. The van der Waals surface area contributed by atoms with Crippen molar-refractivity contribution in [2.24, 2.45) is 5.41 Å². The van der Waals surface area contributed by atoms with Crippen LogP contribution in [-0.4, -0.2) is 33.2 Å². The second-order valence-electron chi connectivity index (χ2n) is 6.23. The lowest BCUT2D eigenvalue weighted by Crippen LogP contribution is -2.39. The van der Waals surface area contributed by atoms with Gasteiger partial charge >= 0.3 is 5.97 Å². The molecule has 0 aliphatic rings. The fourth-order valence-electron chi connectivity index (χ4n) is 2.10. The summed E-state index contributed by atoms with van der Waals surface area (Å²) >= 11 is 0. The second kappa shape index (κ2) is 6.47. The largest absolute Gasteiger partial charge is 0.508 e. The monoisotopic (exact) mass is 295 g/mol. The maximum atomic E-state index is 12.1. The maximum Gasteiger partial charge on any atom is 0.305 e. The third-order valence-corrected chi connectivity index (χ3v) is 2.84. The SMILES string of the molecule is CC(C)(C)CC(CC(=O)O)NC(=O)c1ccc(O)cc1O. The van der Waals surface area contributed by atoms with Gasteiger partial charge in [0.2, 0.25) is 0 Å². The van der Waals surface area contributed by atoms with Crippen molar-refractivity contribution >= 4 is 11.9 Å². The molecule has 0 bridgehead atoms. The molecule has 1 unspecified atom stereocenters. The van der Waals surface area contributed by atoms with Crippen LogP contribution < -0.4 is 5.32 Å². The zero-order valence-electron chi connectivity index (χ0n) is 12.4. The number of aromatic hydroxyl groups is 2. The molecule has 1 atom stereocenters. The van der Waals surface area contributed by atoms with E-state index in [1.807, 2.05) is 20.8 Å². The Hall–Kier alpha value is -2.24. The van der Waals surface area contributed by atoms with Gasteiger partial charge in [0, 0.05) is 12.1 Å². The Morgan fingerprint density at radius 2 is 1.86 bits per heavy atom. The van der Waals surface area contributed by atoms with E-state index in [0.717, 1.165) is 6.07 Å². The number of amides is 1. The van der Waals surface area contributed by atoms with Gasteiger partial charge in [-0.15, -0.1) is 0 Å². The van der Waals surface area contributed by atoms with Crippen LogP contribution in [0, 0.1) is 5.41 Å². The minimum atomic E-state index is -1.00. The number of benzene rings is 1. The first-order chi connectivity index (χ1) is 9.58. The Morgan fingerprint density at radius 1 is 1.24 bits per heavy atom. The predicted octanol–water partition coefficient (Wildman–Crippen LogP) is 2.11. The smallest absolute Gasteiger partial charge is 0.305 e. The van der Waals surface area contributed by atoms with Gasteiger partial charge in [0.15, 0.2) is 0 Å². The van der Waals surface area contributed by atoms with Crippen LogP contribution in [0.4, 0.5) is 0 Å². The average Bonchev–Trinajstić information content (AvgIpc) is 2.24. The quantitative estimate of drug-likeness (QED) is 0.665. The molecule has 1 aromatic rings. The standard InChI is InChI=1S/C15H21NO5/c1-15(2,3)8-9(6-13(19)20)16-14(21)11-5-4-10(17)7-12(11)18/h4-5,7,9,17-18H,6,8H2,1-3H3,(H,16,21)(H,19,20). The van der Waals surface area contributed by atoms with Crippen molar-refractivity contribution in [3.05, 3.63) is 23.8 Å². The lowest BCUT2D eigenvalue weighted by atomic mass is 9.87. The highest BCUT2D eigenvalue weighted by Gasteiger charge is 2.24. The molecular weight excluding hydrogens is 274 g/mol. The van der Waals surface area contributed by atoms with Crippen LogP contribution in [-0.2, 0) is 4.79 Å². The molecule has 21 heavy (non-hydrogen) atoms. The number of phenolic OH excluding ortho intramolecular Hbond substituents is 2. The Balaban J connectivity index is 2.86. The number of rotatable bonds is 5. The van der Waals surface area contributed by atoms with Crippen LogP contribution in [0.2, 0.25) is 0 Å². The molecule has 0 heterocycles. The molecule has 6 heteroatoms. The van der Waals surface area contributed by atoms with E-state index in [1.165, 1.54) is 12.1 Å². The number of carbonyl (C=O) groups excluding carboxylic acids is 1. The molecule has 1 aromatic carbocycles. The molecular formula is C15H21NO5. The molecule has 0 spiro atoms. The lowest BCUT2D eigenvalue weighted by Gasteiger charge is -2.26. The molecule has 6 nitrogen and oxygen atoms in total. The fourth-order valence-corrected chi connectivity index (χ4v) is 2.10. The van der Waals surface area contributed by atoms with E-state index >= 15 is 0 Å². The van der Waals surface area contributed by atoms with Crippen LogP contribution in [0.5, 0.6) is 11.5 Å². The summed E-state index contributed by atoms with van der Waals surface area (Å²) in [6.07, 6.45) is 0.297. The van der Waals surface area contributed by atoms with Crippen molar-refractivity contribution in [2.45, 2.75) is 39.7 Å². The second-order valence-corrected chi connectivity index (χ2v) is 6.23. The van der Waals surface area contributed by atoms with E-state index in [4.69, 9.17) is 5.11 Å². The summed E-state index contributed by atoms with van der Waals surface area (Å²) in [5.41, 5.74) is -0.151. The number of aliphatic carboxylic acids is 1. The first kappa shape index (κ1) is 16.8. The number of phenols is 2. The summed E-state index contributed by atoms with van der Waals surface area (Å²) in [6.45, 7) is 5.85. The van der Waals surface area contributed by atoms with Crippen LogP contribution in [0.25, 0.3) is 0 Å². The third kappa shape index (κ3) is 5.72. The van der Waals surface area contributed by atoms with Gasteiger partial charge in [-0.25, -0.2) is 0 Å². The molecule has 0 aliphatic carbocycles. The minimum Gasteiger partial charge on any atom is -0.508 e. The van der Waals surface area contributed by atoms with E-state index in [-0.39, 0.29) is 28.9 Å². The molecule has 1 rings (SSSR count). The highest BCUT2D eigenvalue weighted by Crippen LogP contribution is 2.25. The normalized spacial score (nSPS) is 12.7. The van der Waals surface area contributed by atoms with E-state index in [2.05, 4.69) is 5.32 Å². The van der Waals surface area contributed by atoms with Gasteiger partial charge in [-0.1, -0.05) is 20.8 Å². The zero-order chi connectivity index (χ0) is 16.2. The molecule has 0 aliphatic heterocycles. The number of carboxylic acids is 1. The van der Waals surface area contributed by atoms with Gasteiger partial charge in [-0.05, 0) is 24.0 Å². The number of hydrogen-bond acceptors (Lipinski definition) is 4. The van der Waals surface area contributed by atoms with E-state index in [0.29, 0.717) is 6.42 Å². The van der Waals surface area contributed by atoms with Gasteiger partial charge in [0.1, 0.15) is 11.5 Å². The lowest BCUT2D eigenvalue weighted by molar-refractivity contribution is -0.137. The van der Waals surface area contributed by atoms with Gasteiger partial charge < -0.3 is 20.6 Å². The van der Waals surface area contributed by atoms with Gasteiger partial charge in [-0.3, -0.25) is 9.59 Å². The molecule has 116 valence electrons. The third-order valence-electron chi connectivity index (χ3n) is 2.84. The Kier molecular flexibility index (Phi) is 5.18. The van der Waals surface area contributed by atoms with Crippen LogP contribution >= 0.6 is 0 Å². The van der Waals surface area contributed by atoms with Crippen molar-refractivity contribution < 1.29 is 24.9 Å². The van der Waals surface area contributed by atoms with E-state index in [9.17, 15) is 19.8 Å². The van der Waals surface area contributed by atoms with Crippen molar-refractivity contribution in [1.82, 2.24) is 5.32 Å². The summed E-state index contributed by atoms with van der Waals surface area (Å²) in [6, 6.07) is 3.09. The summed E-state index contributed by atoms with van der Waals surface area (Å²) in [4.78, 5) is 23.0. The molecule has 0 radical (unpaired) electrons. The summed E-state index contributed by atoms with van der Waals surface area (Å²) in [5.74, 6) is -2.07. The number of nitrogens with one attached hydrogen (secondary N) is 1. The Morgan fingerprint density at radius 3 is 2.33 bits per heavy atom. The topological polar surface area (TPSA) is 107 Å². The van der Waals surface area contributed by atoms with Gasteiger partial charge in [0.25, 0.3) is 5.91 Å². The minimum absolute atomic E-state index is 0.00269. The van der Waals surface area contributed by atoms with Crippen molar-refractivity contribution in [3.63, 3.8) is 0 Å². The summed E-state index contributed by atoms with van der Waals surface area (Å²) < 4.78 is 0. The van der Waals surface area contributed by atoms with E-state index < -0.39 is 17.9 Å². The number of carboxylic acid groups (broad SMARTS) is 1. The van der Waals surface area contributed by atoms with Crippen molar-refractivity contribution in [2.75, 3.05) is 0 Å². The van der Waals surface area contributed by atoms with Gasteiger partial charge in [-0.2, -0.15) is 0 Å². The first-order valence-electron chi connectivity index (χ1n) is 6.63. The fraction of sp³-hybridized carbons (Fsp3) is 0.467. The Bertz CT molecular complexity index is 533.